The summed E-state index contributed by atoms with van der Waals surface area (Å²) in [5.41, 5.74) is 4.63. The lowest BCUT2D eigenvalue weighted by Gasteiger charge is -2.22. The molecule has 2 atom stereocenters. The second kappa shape index (κ2) is 8.32. The van der Waals surface area contributed by atoms with Crippen LogP contribution in [0.2, 0.25) is 0 Å². The van der Waals surface area contributed by atoms with E-state index >= 15 is 0 Å². The quantitative estimate of drug-likeness (QED) is 0.516. The third-order valence-corrected chi connectivity index (χ3v) is 2.32. The first-order chi connectivity index (χ1) is 9.96. The van der Waals surface area contributed by atoms with Crippen LogP contribution in [-0.4, -0.2) is 53.7 Å². The zero-order valence-electron chi connectivity index (χ0n) is 13.0. The van der Waals surface area contributed by atoms with Gasteiger partial charge in [-0.25, -0.2) is 4.79 Å². The molecule has 4 N–H and O–H groups in total. The van der Waals surface area contributed by atoms with Gasteiger partial charge < -0.3 is 25.6 Å². The number of carboxylic acids is 1. The average molecular weight is 318 g/mol. The van der Waals surface area contributed by atoms with Crippen molar-refractivity contribution in [2.24, 2.45) is 5.73 Å². The lowest BCUT2D eigenvalue weighted by Crippen LogP contribution is -2.50. The molecule has 126 valence electrons. The Morgan fingerprint density at radius 1 is 1.18 bits per heavy atom. The molecule has 0 heterocycles. The number of rotatable bonds is 7. The summed E-state index contributed by atoms with van der Waals surface area (Å²) < 4.78 is 9.53. The molecule has 0 aliphatic carbocycles. The first-order valence-corrected chi connectivity index (χ1v) is 6.53. The lowest BCUT2D eigenvalue weighted by atomic mass is 10.1. The highest BCUT2D eigenvalue weighted by molar-refractivity contribution is 5.91. The number of carboxylic acid groups (broad SMARTS) is 1. The molecule has 0 aromatic rings. The van der Waals surface area contributed by atoms with Crippen LogP contribution >= 0.6 is 0 Å². The normalized spacial score (nSPS) is 13.7. The fourth-order valence-electron chi connectivity index (χ4n) is 1.44. The first-order valence-electron chi connectivity index (χ1n) is 6.53. The van der Waals surface area contributed by atoms with E-state index in [-0.39, 0.29) is 0 Å². The molecule has 22 heavy (non-hydrogen) atoms. The smallest absolute Gasteiger partial charge is 0.328 e. The Labute approximate surface area is 128 Å². The molecule has 0 saturated heterocycles. The Kier molecular flexibility index (Phi) is 7.51. The largest absolute Gasteiger partial charge is 0.481 e. The van der Waals surface area contributed by atoms with Crippen molar-refractivity contribution in [3.8, 4) is 0 Å². The van der Waals surface area contributed by atoms with Gasteiger partial charge in [0.15, 0.2) is 0 Å². The van der Waals surface area contributed by atoms with Crippen molar-refractivity contribution in [2.75, 3.05) is 7.11 Å². The van der Waals surface area contributed by atoms with Gasteiger partial charge in [0.05, 0.1) is 26.0 Å². The van der Waals surface area contributed by atoms with Crippen LogP contribution in [0.25, 0.3) is 0 Å². The number of hydrogen-bond acceptors (Lipinski definition) is 7. The van der Waals surface area contributed by atoms with Crippen molar-refractivity contribution >= 4 is 23.8 Å². The van der Waals surface area contributed by atoms with E-state index in [0.717, 1.165) is 7.11 Å². The first kappa shape index (κ1) is 19.8. The number of nitrogens with one attached hydrogen (secondary N) is 1. The van der Waals surface area contributed by atoms with Crippen LogP contribution in [0.4, 0.5) is 0 Å². The molecule has 0 spiro atoms. The number of esters is 2. The van der Waals surface area contributed by atoms with Crippen molar-refractivity contribution in [1.82, 2.24) is 5.32 Å². The Hall–Kier alpha value is -2.16. The summed E-state index contributed by atoms with van der Waals surface area (Å²) in [6.45, 7) is 4.96. The van der Waals surface area contributed by atoms with Crippen LogP contribution in [-0.2, 0) is 28.7 Å². The van der Waals surface area contributed by atoms with E-state index < -0.39 is 54.3 Å². The maximum absolute atomic E-state index is 11.7. The molecule has 9 nitrogen and oxygen atoms in total. The Bertz CT molecular complexity index is 442. The summed E-state index contributed by atoms with van der Waals surface area (Å²) in [6, 6.07) is -2.64. The number of nitrogens with two attached hydrogens (primary N) is 1. The van der Waals surface area contributed by atoms with E-state index in [4.69, 9.17) is 15.6 Å². The van der Waals surface area contributed by atoms with Crippen LogP contribution < -0.4 is 11.1 Å². The lowest BCUT2D eigenvalue weighted by molar-refractivity contribution is -0.159. The summed E-state index contributed by atoms with van der Waals surface area (Å²) in [4.78, 5) is 45.5. The van der Waals surface area contributed by atoms with Gasteiger partial charge in [-0.3, -0.25) is 14.4 Å². The predicted molar refractivity (Wildman–Crippen MR) is 74.6 cm³/mol. The van der Waals surface area contributed by atoms with Crippen LogP contribution in [0.15, 0.2) is 0 Å². The minimum atomic E-state index is -1.34. The number of carbonyl (C=O) groups excluding carboxylic acids is 3. The van der Waals surface area contributed by atoms with Crippen LogP contribution in [0, 0.1) is 0 Å². The van der Waals surface area contributed by atoms with Gasteiger partial charge in [-0.05, 0) is 20.8 Å². The van der Waals surface area contributed by atoms with Gasteiger partial charge in [0.2, 0.25) is 5.91 Å². The van der Waals surface area contributed by atoms with E-state index in [0.29, 0.717) is 0 Å². The number of carbonyl (C=O) groups is 4. The van der Waals surface area contributed by atoms with Crippen molar-refractivity contribution in [2.45, 2.75) is 51.3 Å². The van der Waals surface area contributed by atoms with E-state index in [2.05, 4.69) is 10.1 Å². The second-order valence-electron chi connectivity index (χ2n) is 5.58. The molecule has 0 radical (unpaired) electrons. The number of aliphatic carboxylic acids is 1. The molecule has 0 bridgehead atoms. The maximum Gasteiger partial charge on any atom is 0.328 e. The van der Waals surface area contributed by atoms with Gasteiger partial charge in [0.1, 0.15) is 11.6 Å². The fraction of sp³-hybridized carbons (Fsp3) is 0.692. The number of hydrogen-bond donors (Lipinski definition) is 3. The van der Waals surface area contributed by atoms with E-state index in [1.165, 1.54) is 0 Å². The second-order valence-corrected chi connectivity index (χ2v) is 5.58. The van der Waals surface area contributed by atoms with Gasteiger partial charge in [-0.1, -0.05) is 0 Å². The van der Waals surface area contributed by atoms with Crippen molar-refractivity contribution in [3.05, 3.63) is 0 Å². The predicted octanol–water partition coefficient (Wildman–Crippen LogP) is -0.822. The number of amides is 1. The zero-order chi connectivity index (χ0) is 17.5. The topological polar surface area (TPSA) is 145 Å². The van der Waals surface area contributed by atoms with Crippen molar-refractivity contribution < 1.29 is 33.8 Å². The standard InChI is InChI=1S/C13H22N2O7/c1-13(2,3)22-10(18)6-8(12(20)21-4)15-11(19)7(14)5-9(16)17/h7-8H,5-6,14H2,1-4H3,(H,15,19)(H,16,17)/t7-,8-/m0/s1. The fourth-order valence-corrected chi connectivity index (χ4v) is 1.44. The average Bonchev–Trinajstić information content (AvgIpc) is 2.33. The van der Waals surface area contributed by atoms with Gasteiger partial charge >= 0.3 is 17.9 Å². The Morgan fingerprint density at radius 2 is 1.73 bits per heavy atom. The minimum Gasteiger partial charge on any atom is -0.481 e. The van der Waals surface area contributed by atoms with Crippen LogP contribution in [0.1, 0.15) is 33.6 Å². The highest BCUT2D eigenvalue weighted by Gasteiger charge is 2.29. The number of methoxy groups -OCH3 is 1. The Morgan fingerprint density at radius 3 is 2.14 bits per heavy atom. The highest BCUT2D eigenvalue weighted by Crippen LogP contribution is 2.10. The molecule has 0 aromatic carbocycles. The van der Waals surface area contributed by atoms with E-state index in [1.807, 2.05) is 0 Å². The van der Waals surface area contributed by atoms with Gasteiger partial charge in [-0.2, -0.15) is 0 Å². The highest BCUT2D eigenvalue weighted by atomic mass is 16.6. The minimum absolute atomic E-state index is 0.449. The van der Waals surface area contributed by atoms with Gasteiger partial charge in [-0.15, -0.1) is 0 Å². The molecule has 1 amide bonds. The zero-order valence-corrected chi connectivity index (χ0v) is 13.0. The molecule has 9 heteroatoms. The van der Waals surface area contributed by atoms with Gasteiger partial charge in [0.25, 0.3) is 0 Å². The van der Waals surface area contributed by atoms with Crippen LogP contribution in [0.5, 0.6) is 0 Å². The molecule has 0 aliphatic rings. The molecule has 0 aliphatic heterocycles. The monoisotopic (exact) mass is 318 g/mol. The summed E-state index contributed by atoms with van der Waals surface area (Å²) in [7, 11) is 1.09. The molecule has 0 unspecified atom stereocenters. The molecule has 0 aromatic heterocycles. The maximum atomic E-state index is 11.7. The van der Waals surface area contributed by atoms with Gasteiger partial charge in [0, 0.05) is 0 Å². The van der Waals surface area contributed by atoms with Crippen LogP contribution in [0.3, 0.4) is 0 Å². The van der Waals surface area contributed by atoms with E-state index in [1.54, 1.807) is 20.8 Å². The third-order valence-electron chi connectivity index (χ3n) is 2.32. The van der Waals surface area contributed by atoms with Crippen molar-refractivity contribution in [1.29, 1.82) is 0 Å². The summed E-state index contributed by atoms with van der Waals surface area (Å²) in [5, 5.41) is 10.8. The summed E-state index contributed by atoms with van der Waals surface area (Å²) in [5.74, 6) is -3.71. The molecule has 0 fully saturated rings. The van der Waals surface area contributed by atoms with E-state index in [9.17, 15) is 19.2 Å². The third kappa shape index (κ3) is 8.20. The Balaban J connectivity index is 4.79. The molecule has 0 saturated carbocycles. The summed E-state index contributed by atoms with van der Waals surface area (Å²) >= 11 is 0. The molecule has 0 rings (SSSR count). The number of ether oxygens (including phenoxy) is 2. The molecular formula is C13H22N2O7. The summed E-state index contributed by atoms with van der Waals surface area (Å²) in [6.07, 6.45) is -1.05. The van der Waals surface area contributed by atoms with Crippen molar-refractivity contribution in [3.63, 3.8) is 0 Å². The SMILES string of the molecule is COC(=O)[C@H](CC(=O)OC(C)(C)C)NC(=O)[C@@H](N)CC(=O)O. The molecular weight excluding hydrogens is 296 g/mol.